The van der Waals surface area contributed by atoms with Crippen LogP contribution in [-0.4, -0.2) is 80.8 Å². The molecular formula is C21H37ClN4O6S2. The molecule has 2 aliphatic heterocycles. The Bertz CT molecular complexity index is 716. The maximum atomic E-state index is 12.9. The van der Waals surface area contributed by atoms with Gasteiger partial charge in [0.05, 0.1) is 4.08 Å². The van der Waals surface area contributed by atoms with Crippen LogP contribution in [0.1, 0.15) is 59.3 Å². The molecule has 0 aromatic heterocycles. The Balaban J connectivity index is 0.00000578. The minimum absolute atomic E-state index is 0. The number of halogens is 1. The molecule has 2 saturated heterocycles. The maximum Gasteiger partial charge on any atom is 0.408 e. The summed E-state index contributed by atoms with van der Waals surface area (Å²) in [5, 5.41) is 13.9. The molecule has 0 aliphatic carbocycles. The van der Waals surface area contributed by atoms with Crippen LogP contribution >= 0.6 is 35.9 Å². The molecule has 0 aromatic rings. The van der Waals surface area contributed by atoms with Crippen LogP contribution in [0.15, 0.2) is 0 Å². The number of hydroxylamine groups is 1. The fourth-order valence-electron chi connectivity index (χ4n) is 3.75. The molecule has 2 rings (SSSR count). The topological polar surface area (TPSA) is 137 Å². The molecule has 2 fully saturated rings. The van der Waals surface area contributed by atoms with Gasteiger partial charge in [-0.3, -0.25) is 19.6 Å². The van der Waals surface area contributed by atoms with Crippen LogP contribution in [0.3, 0.4) is 0 Å². The summed E-state index contributed by atoms with van der Waals surface area (Å²) in [6.07, 6.45) is 3.31. The highest BCUT2D eigenvalue weighted by molar-refractivity contribution is 8.21. The molecule has 34 heavy (non-hydrogen) atoms. The van der Waals surface area contributed by atoms with Crippen molar-refractivity contribution < 1.29 is 29.1 Å². The lowest BCUT2D eigenvalue weighted by atomic mass is 10.1. The lowest BCUT2D eigenvalue weighted by Gasteiger charge is -2.25. The highest BCUT2D eigenvalue weighted by Gasteiger charge is 2.51. The number of ether oxygens (including phenoxy) is 1. The number of thioether (sulfide) groups is 2. The number of nitrogens with one attached hydrogen (secondary N) is 3. The normalized spacial score (nSPS) is 18.8. The van der Waals surface area contributed by atoms with E-state index in [-0.39, 0.29) is 41.3 Å². The zero-order valence-electron chi connectivity index (χ0n) is 20.0. The van der Waals surface area contributed by atoms with E-state index in [1.54, 1.807) is 54.7 Å². The van der Waals surface area contributed by atoms with Crippen molar-refractivity contribution in [2.45, 2.75) is 75.0 Å². The predicted octanol–water partition coefficient (Wildman–Crippen LogP) is 2.28. The highest BCUT2D eigenvalue weighted by atomic mass is 35.5. The van der Waals surface area contributed by atoms with Crippen molar-refractivity contribution in [2.75, 3.05) is 31.1 Å². The van der Waals surface area contributed by atoms with Crippen LogP contribution in [0, 0.1) is 0 Å². The minimum Gasteiger partial charge on any atom is -0.444 e. The summed E-state index contributed by atoms with van der Waals surface area (Å²) in [4.78, 5) is 50.3. The number of rotatable bonds is 10. The van der Waals surface area contributed by atoms with Gasteiger partial charge < -0.3 is 20.3 Å². The SMILES string of the molecule is CC(C)(C)OC(=O)NCC(=O)N1CC2(C[C@H]1C(=O)NCCCCCCC(=O)NO)SCCS2.Cl. The first-order chi connectivity index (χ1) is 15.6. The minimum atomic E-state index is -0.660. The molecule has 4 N–H and O–H groups in total. The molecular weight excluding hydrogens is 504 g/mol. The van der Waals surface area contributed by atoms with Crippen molar-refractivity contribution in [1.82, 2.24) is 21.0 Å². The van der Waals surface area contributed by atoms with Crippen molar-refractivity contribution >= 4 is 59.7 Å². The molecule has 4 amide bonds. The van der Waals surface area contributed by atoms with Crippen molar-refractivity contribution in [3.63, 3.8) is 0 Å². The molecule has 0 radical (unpaired) electrons. The van der Waals surface area contributed by atoms with Crippen molar-refractivity contribution in [2.24, 2.45) is 0 Å². The largest absolute Gasteiger partial charge is 0.444 e. The quantitative estimate of drug-likeness (QED) is 0.188. The summed E-state index contributed by atoms with van der Waals surface area (Å²) < 4.78 is 5.02. The fourth-order valence-corrected chi connectivity index (χ4v) is 7.01. The number of alkyl carbamates (subject to hydrolysis) is 1. The van der Waals surface area contributed by atoms with Crippen LogP contribution in [0.2, 0.25) is 0 Å². The van der Waals surface area contributed by atoms with E-state index in [0.717, 1.165) is 30.8 Å². The number of carbonyl (C=O) groups is 4. The van der Waals surface area contributed by atoms with Gasteiger partial charge in [0.15, 0.2) is 0 Å². The summed E-state index contributed by atoms with van der Waals surface area (Å²) in [5.74, 6) is 1.11. The second-order valence-corrected chi connectivity index (χ2v) is 12.4. The molecule has 10 nitrogen and oxygen atoms in total. The van der Waals surface area contributed by atoms with Gasteiger partial charge in [0.1, 0.15) is 18.2 Å². The molecule has 0 aromatic carbocycles. The molecule has 196 valence electrons. The maximum absolute atomic E-state index is 12.9. The Kier molecular flexibility index (Phi) is 12.9. The van der Waals surface area contributed by atoms with Gasteiger partial charge in [-0.1, -0.05) is 12.8 Å². The van der Waals surface area contributed by atoms with Crippen LogP contribution in [0.5, 0.6) is 0 Å². The zero-order chi connectivity index (χ0) is 24.5. The van der Waals surface area contributed by atoms with E-state index in [0.29, 0.717) is 25.9 Å². The van der Waals surface area contributed by atoms with Gasteiger partial charge in [-0.25, -0.2) is 10.3 Å². The van der Waals surface area contributed by atoms with Gasteiger partial charge in [0, 0.05) is 37.4 Å². The average molecular weight is 541 g/mol. The van der Waals surface area contributed by atoms with E-state index in [4.69, 9.17) is 9.94 Å². The number of hydrogen-bond donors (Lipinski definition) is 4. The monoisotopic (exact) mass is 540 g/mol. The molecule has 0 unspecified atom stereocenters. The Hall–Kier alpha value is -1.37. The van der Waals surface area contributed by atoms with Gasteiger partial charge >= 0.3 is 6.09 Å². The lowest BCUT2D eigenvalue weighted by Crippen LogP contribution is -2.49. The van der Waals surface area contributed by atoms with E-state index in [1.165, 1.54) is 0 Å². The smallest absolute Gasteiger partial charge is 0.408 e. The second kappa shape index (κ2) is 14.3. The molecule has 2 heterocycles. The third-order valence-electron chi connectivity index (χ3n) is 5.27. The van der Waals surface area contributed by atoms with Crippen LogP contribution in [-0.2, 0) is 19.1 Å². The lowest BCUT2D eigenvalue weighted by molar-refractivity contribution is -0.137. The first-order valence-electron chi connectivity index (χ1n) is 11.3. The van der Waals surface area contributed by atoms with Gasteiger partial charge in [0.2, 0.25) is 17.7 Å². The van der Waals surface area contributed by atoms with Crippen LogP contribution < -0.4 is 16.1 Å². The van der Waals surface area contributed by atoms with E-state index in [2.05, 4.69) is 10.6 Å². The molecule has 0 saturated carbocycles. The van der Waals surface area contributed by atoms with E-state index in [9.17, 15) is 19.2 Å². The van der Waals surface area contributed by atoms with E-state index >= 15 is 0 Å². The van der Waals surface area contributed by atoms with Gasteiger partial charge in [-0.15, -0.1) is 35.9 Å². The van der Waals surface area contributed by atoms with Gasteiger partial charge in [0.25, 0.3) is 0 Å². The van der Waals surface area contributed by atoms with Crippen molar-refractivity contribution in [3.8, 4) is 0 Å². The number of likely N-dealkylation sites (tertiary alicyclic amines) is 1. The molecule has 0 bridgehead atoms. The summed E-state index contributed by atoms with van der Waals surface area (Å²) >= 11 is 3.59. The molecule has 1 spiro atoms. The van der Waals surface area contributed by atoms with Gasteiger partial charge in [-0.2, -0.15) is 0 Å². The Morgan fingerprint density at radius 1 is 1.06 bits per heavy atom. The third kappa shape index (κ3) is 10.1. The van der Waals surface area contributed by atoms with E-state index < -0.39 is 23.6 Å². The summed E-state index contributed by atoms with van der Waals surface area (Å²) in [5.41, 5.74) is 0.953. The molecule has 2 aliphatic rings. The standard InChI is InChI=1S/C21H36N4O6S2.ClH/c1-20(2,3)31-19(29)23-13-17(27)25-14-21(32-10-11-33-21)12-15(25)18(28)22-9-7-5-4-6-8-16(26)24-30;/h15,30H,4-14H2,1-3H3,(H,22,28)(H,23,29)(H,24,26);1H/t15-;/m0./s1. The molecule has 13 heteroatoms. The second-order valence-electron chi connectivity index (χ2n) is 9.19. The highest BCUT2D eigenvalue weighted by Crippen LogP contribution is 2.51. The summed E-state index contributed by atoms with van der Waals surface area (Å²) in [7, 11) is 0. The van der Waals surface area contributed by atoms with Crippen LogP contribution in [0.4, 0.5) is 4.79 Å². The third-order valence-corrected chi connectivity index (χ3v) is 8.69. The summed E-state index contributed by atoms with van der Waals surface area (Å²) in [6.45, 7) is 6.00. The van der Waals surface area contributed by atoms with Crippen molar-refractivity contribution in [1.29, 1.82) is 0 Å². The Morgan fingerprint density at radius 3 is 2.32 bits per heavy atom. The molecule has 1 atom stereocenters. The number of hydrogen-bond acceptors (Lipinski definition) is 8. The average Bonchev–Trinajstić information content (AvgIpc) is 3.36. The first-order valence-corrected chi connectivity index (χ1v) is 13.3. The number of amides is 4. The first kappa shape index (κ1) is 30.7. The van der Waals surface area contributed by atoms with E-state index in [1.807, 2.05) is 0 Å². The zero-order valence-corrected chi connectivity index (χ0v) is 22.5. The number of unbranched alkanes of at least 4 members (excludes halogenated alkanes) is 3. The van der Waals surface area contributed by atoms with Gasteiger partial charge in [-0.05, 0) is 33.6 Å². The number of carbonyl (C=O) groups excluding carboxylic acids is 4. The Morgan fingerprint density at radius 2 is 1.71 bits per heavy atom. The predicted molar refractivity (Wildman–Crippen MR) is 135 cm³/mol. The summed E-state index contributed by atoms with van der Waals surface area (Å²) in [6, 6.07) is -0.565. The Labute approximate surface area is 215 Å². The number of nitrogens with zero attached hydrogens (tertiary/aromatic N) is 1. The fraction of sp³-hybridized carbons (Fsp3) is 0.810. The van der Waals surface area contributed by atoms with Crippen molar-refractivity contribution in [3.05, 3.63) is 0 Å². The van der Waals surface area contributed by atoms with Crippen LogP contribution in [0.25, 0.3) is 0 Å².